The number of hydrogen-bond acceptors (Lipinski definition) is 3. The third kappa shape index (κ3) is 2.31. The third-order valence-corrected chi connectivity index (χ3v) is 1.86. The minimum absolute atomic E-state index is 0.584. The van der Waals surface area contributed by atoms with Crippen molar-refractivity contribution in [2.75, 3.05) is 7.11 Å². The van der Waals surface area contributed by atoms with Crippen molar-refractivity contribution in [1.82, 2.24) is 9.97 Å². The predicted molar refractivity (Wildman–Crippen MR) is 57.3 cm³/mol. The van der Waals surface area contributed by atoms with Gasteiger partial charge in [0.1, 0.15) is 0 Å². The molecule has 0 saturated heterocycles. The van der Waals surface area contributed by atoms with Crippen LogP contribution < -0.4 is 15.4 Å². The first-order valence-electron chi connectivity index (χ1n) is 4.97. The lowest BCUT2D eigenvalue weighted by Crippen LogP contribution is -2.32. The van der Waals surface area contributed by atoms with Gasteiger partial charge in [0.05, 0.1) is 24.0 Å². The van der Waals surface area contributed by atoms with Crippen molar-refractivity contribution >= 4 is 12.2 Å². The minimum Gasteiger partial charge on any atom is -0.480 e. The molecule has 0 spiro atoms. The molecule has 3 nitrogen and oxygen atoms in total. The Hall–Kier alpha value is -1.38. The molecule has 1 heterocycles. The maximum absolute atomic E-state index is 4.97. The number of ether oxygens (including phenoxy) is 1. The molecule has 0 aliphatic heterocycles. The van der Waals surface area contributed by atoms with Crippen LogP contribution >= 0.6 is 0 Å². The van der Waals surface area contributed by atoms with Gasteiger partial charge < -0.3 is 4.74 Å². The molecule has 1 aliphatic rings. The monoisotopic (exact) mass is 192 g/mol. The van der Waals surface area contributed by atoms with Crippen LogP contribution in [0.15, 0.2) is 6.20 Å². The van der Waals surface area contributed by atoms with Gasteiger partial charge in [0.2, 0.25) is 5.88 Å². The van der Waals surface area contributed by atoms with Gasteiger partial charge in [-0.3, -0.25) is 0 Å². The molecule has 0 radical (unpaired) electrons. The number of nitrogens with zero attached hydrogens (tertiary/aromatic N) is 2. The molecule has 0 amide bonds. The van der Waals surface area contributed by atoms with Gasteiger partial charge in [0, 0.05) is 0 Å². The van der Waals surface area contributed by atoms with Crippen LogP contribution in [-0.2, 0) is 0 Å². The zero-order valence-corrected chi connectivity index (χ0v) is 8.95. The summed E-state index contributed by atoms with van der Waals surface area (Å²) in [7, 11) is 1.60. The van der Waals surface area contributed by atoms with E-state index in [1.807, 2.05) is 13.8 Å². The van der Waals surface area contributed by atoms with Gasteiger partial charge in [-0.2, -0.15) is 0 Å². The maximum atomic E-state index is 4.97. The molecule has 76 valence electrons. The van der Waals surface area contributed by atoms with Gasteiger partial charge in [0.15, 0.2) is 0 Å². The molecule has 0 atom stereocenters. The normalized spacial score (nSPS) is 12.5. The summed E-state index contributed by atoms with van der Waals surface area (Å²) in [5, 5.41) is 1.92. The Kier molecular flexibility index (Phi) is 4.11. The van der Waals surface area contributed by atoms with E-state index in [-0.39, 0.29) is 0 Å². The molecular weight excluding hydrogens is 176 g/mol. The summed E-state index contributed by atoms with van der Waals surface area (Å²) >= 11 is 0. The molecule has 0 fully saturated rings. The van der Waals surface area contributed by atoms with Gasteiger partial charge in [-0.15, -0.1) is 0 Å². The minimum atomic E-state index is 0.584. The number of fused-ring (bicyclic) bond motifs is 1. The predicted octanol–water partition coefficient (Wildman–Crippen LogP) is 0.866. The molecule has 0 unspecified atom stereocenters. The molecule has 1 aliphatic carbocycles. The van der Waals surface area contributed by atoms with E-state index in [1.165, 1.54) is 0 Å². The van der Waals surface area contributed by atoms with Crippen molar-refractivity contribution in [2.45, 2.75) is 26.7 Å². The SMILES string of the molecule is CC.COc1cnc2c(n1)=CCCC=2. The number of rotatable bonds is 1. The van der Waals surface area contributed by atoms with Crippen molar-refractivity contribution in [3.05, 3.63) is 16.9 Å². The molecule has 1 aromatic heterocycles. The van der Waals surface area contributed by atoms with Gasteiger partial charge in [-0.25, -0.2) is 9.97 Å². The van der Waals surface area contributed by atoms with E-state index >= 15 is 0 Å². The zero-order valence-electron chi connectivity index (χ0n) is 8.95. The van der Waals surface area contributed by atoms with Crippen molar-refractivity contribution < 1.29 is 4.74 Å². The average Bonchev–Trinajstić information content (AvgIpc) is 2.31. The molecular formula is C11H16N2O. The summed E-state index contributed by atoms with van der Waals surface area (Å²) in [5.74, 6) is 0.584. The molecule has 1 aromatic rings. The number of methoxy groups -OCH3 is 1. The molecule has 0 saturated carbocycles. The quantitative estimate of drug-likeness (QED) is 0.662. The Balaban J connectivity index is 0.000000461. The second-order valence-electron chi connectivity index (χ2n) is 2.67. The van der Waals surface area contributed by atoms with Crippen LogP contribution in [0.25, 0.3) is 12.2 Å². The highest BCUT2D eigenvalue weighted by Crippen LogP contribution is 1.97. The van der Waals surface area contributed by atoms with Crippen LogP contribution in [0.5, 0.6) is 5.88 Å². The lowest BCUT2D eigenvalue weighted by molar-refractivity contribution is 0.394. The van der Waals surface area contributed by atoms with E-state index in [0.29, 0.717) is 5.88 Å². The molecule has 0 N–H and O–H groups in total. The van der Waals surface area contributed by atoms with E-state index in [4.69, 9.17) is 4.74 Å². The highest BCUT2D eigenvalue weighted by atomic mass is 16.5. The van der Waals surface area contributed by atoms with E-state index in [2.05, 4.69) is 22.1 Å². The summed E-state index contributed by atoms with van der Waals surface area (Å²) in [6.45, 7) is 4.00. The average molecular weight is 192 g/mol. The van der Waals surface area contributed by atoms with Crippen molar-refractivity contribution in [1.29, 1.82) is 0 Å². The Labute approximate surface area is 84.2 Å². The van der Waals surface area contributed by atoms with Crippen LogP contribution in [0.4, 0.5) is 0 Å². The molecule has 2 rings (SSSR count). The fourth-order valence-corrected chi connectivity index (χ4v) is 1.24. The summed E-state index contributed by atoms with van der Waals surface area (Å²) in [6, 6.07) is 0. The highest BCUT2D eigenvalue weighted by Gasteiger charge is 1.97. The second-order valence-corrected chi connectivity index (χ2v) is 2.67. The summed E-state index contributed by atoms with van der Waals surface area (Å²) in [4.78, 5) is 8.48. The molecule has 0 bridgehead atoms. The summed E-state index contributed by atoms with van der Waals surface area (Å²) in [5.41, 5.74) is 0. The van der Waals surface area contributed by atoms with E-state index in [9.17, 15) is 0 Å². The van der Waals surface area contributed by atoms with Crippen LogP contribution in [-0.4, -0.2) is 17.1 Å². The van der Waals surface area contributed by atoms with Gasteiger partial charge >= 0.3 is 0 Å². The van der Waals surface area contributed by atoms with Crippen LogP contribution in [0.2, 0.25) is 0 Å². The Morgan fingerprint density at radius 2 is 1.79 bits per heavy atom. The Morgan fingerprint density at radius 3 is 2.43 bits per heavy atom. The number of aromatic nitrogens is 2. The summed E-state index contributed by atoms with van der Waals surface area (Å²) < 4.78 is 4.97. The molecule has 3 heteroatoms. The first kappa shape index (κ1) is 10.7. The fourth-order valence-electron chi connectivity index (χ4n) is 1.24. The first-order chi connectivity index (χ1) is 6.90. The Bertz CT molecular complexity index is 398. The Morgan fingerprint density at radius 1 is 1.14 bits per heavy atom. The highest BCUT2D eigenvalue weighted by molar-refractivity contribution is 5.33. The van der Waals surface area contributed by atoms with Crippen molar-refractivity contribution in [3.8, 4) is 5.88 Å². The van der Waals surface area contributed by atoms with Gasteiger partial charge in [-0.1, -0.05) is 26.0 Å². The number of hydrogen-bond donors (Lipinski definition) is 0. The lowest BCUT2D eigenvalue weighted by Gasteiger charge is -2.00. The zero-order chi connectivity index (χ0) is 10.4. The van der Waals surface area contributed by atoms with E-state index in [1.54, 1.807) is 13.3 Å². The second kappa shape index (κ2) is 5.37. The molecule has 0 aromatic carbocycles. The maximum Gasteiger partial charge on any atom is 0.232 e. The lowest BCUT2D eigenvalue weighted by atomic mass is 10.2. The largest absolute Gasteiger partial charge is 0.480 e. The van der Waals surface area contributed by atoms with Crippen molar-refractivity contribution in [3.63, 3.8) is 0 Å². The van der Waals surface area contributed by atoms with Crippen LogP contribution in [0.1, 0.15) is 26.7 Å². The van der Waals surface area contributed by atoms with E-state index in [0.717, 1.165) is 23.5 Å². The topological polar surface area (TPSA) is 35.0 Å². The van der Waals surface area contributed by atoms with E-state index < -0.39 is 0 Å². The standard InChI is InChI=1S/C9H10N2O.C2H6/c1-12-9-6-10-7-4-2-3-5-8(7)11-9;1-2/h4-6H,2-3H2,1H3;1-2H3. The smallest absolute Gasteiger partial charge is 0.232 e. The van der Waals surface area contributed by atoms with Gasteiger partial charge in [-0.05, 0) is 12.8 Å². The third-order valence-electron chi connectivity index (χ3n) is 1.86. The van der Waals surface area contributed by atoms with Gasteiger partial charge in [0.25, 0.3) is 0 Å². The van der Waals surface area contributed by atoms with Crippen LogP contribution in [0.3, 0.4) is 0 Å². The van der Waals surface area contributed by atoms with Crippen molar-refractivity contribution in [2.24, 2.45) is 0 Å². The molecule has 14 heavy (non-hydrogen) atoms. The van der Waals surface area contributed by atoms with Crippen LogP contribution in [0, 0.1) is 0 Å². The summed E-state index contributed by atoms with van der Waals surface area (Å²) in [6.07, 6.45) is 7.95. The fraction of sp³-hybridized carbons (Fsp3) is 0.455. The first-order valence-corrected chi connectivity index (χ1v) is 4.97.